The van der Waals surface area contributed by atoms with E-state index in [2.05, 4.69) is 4.98 Å². The summed E-state index contributed by atoms with van der Waals surface area (Å²) in [4.78, 5) is 30.6. The molecular formula is C12H16N4O2. The molecule has 6 heteroatoms. The number of carbonyl (C=O) groups is 2. The van der Waals surface area contributed by atoms with Crippen LogP contribution in [0.15, 0.2) is 18.3 Å². The van der Waals surface area contributed by atoms with E-state index in [9.17, 15) is 9.59 Å². The van der Waals surface area contributed by atoms with Crippen molar-refractivity contribution in [3.05, 3.63) is 23.9 Å². The zero-order valence-corrected chi connectivity index (χ0v) is 10.3. The average molecular weight is 248 g/mol. The molecule has 0 unspecified atom stereocenters. The lowest BCUT2D eigenvalue weighted by molar-refractivity contribution is -0.150. The number of likely N-dealkylation sites (N-methyl/N-ethyl adjacent to an activating group) is 1. The maximum atomic E-state index is 11.9. The van der Waals surface area contributed by atoms with Crippen molar-refractivity contribution in [1.82, 2.24) is 14.8 Å². The smallest absolute Gasteiger partial charge is 0.242 e. The monoisotopic (exact) mass is 248 g/mol. The molecule has 0 saturated carbocycles. The highest BCUT2D eigenvalue weighted by Crippen LogP contribution is 2.11. The zero-order chi connectivity index (χ0) is 13.1. The molecular weight excluding hydrogens is 232 g/mol. The molecule has 1 aliphatic heterocycles. The SMILES string of the molecule is CCN1CC(=O)N(Cc2ccnc(N)c2)CC1=O. The molecule has 2 amide bonds. The number of rotatable bonds is 3. The van der Waals surface area contributed by atoms with E-state index >= 15 is 0 Å². The summed E-state index contributed by atoms with van der Waals surface area (Å²) in [6.07, 6.45) is 1.60. The Kier molecular flexibility index (Phi) is 3.45. The maximum absolute atomic E-state index is 11.9. The molecule has 96 valence electrons. The van der Waals surface area contributed by atoms with Crippen LogP contribution in [-0.4, -0.2) is 46.2 Å². The molecule has 1 aliphatic rings. The van der Waals surface area contributed by atoms with Crippen molar-refractivity contribution in [1.29, 1.82) is 0 Å². The van der Waals surface area contributed by atoms with Gasteiger partial charge in [0.2, 0.25) is 11.8 Å². The molecule has 0 spiro atoms. The van der Waals surface area contributed by atoms with E-state index in [4.69, 9.17) is 5.73 Å². The van der Waals surface area contributed by atoms with Crippen LogP contribution in [0.3, 0.4) is 0 Å². The number of nitrogens with zero attached hydrogens (tertiary/aromatic N) is 3. The summed E-state index contributed by atoms with van der Waals surface area (Å²) < 4.78 is 0. The summed E-state index contributed by atoms with van der Waals surface area (Å²) in [5, 5.41) is 0. The number of amides is 2. The molecule has 6 nitrogen and oxygen atoms in total. The summed E-state index contributed by atoms with van der Waals surface area (Å²) in [5.41, 5.74) is 6.46. The van der Waals surface area contributed by atoms with E-state index in [0.29, 0.717) is 18.9 Å². The van der Waals surface area contributed by atoms with Crippen LogP contribution in [0.4, 0.5) is 5.82 Å². The van der Waals surface area contributed by atoms with Gasteiger partial charge in [0, 0.05) is 19.3 Å². The van der Waals surface area contributed by atoms with Gasteiger partial charge in [0.25, 0.3) is 0 Å². The number of nitrogen functional groups attached to an aromatic ring is 1. The quantitative estimate of drug-likeness (QED) is 0.807. The fourth-order valence-corrected chi connectivity index (χ4v) is 1.95. The fourth-order valence-electron chi connectivity index (χ4n) is 1.95. The Morgan fingerprint density at radius 1 is 1.28 bits per heavy atom. The molecule has 18 heavy (non-hydrogen) atoms. The first-order valence-corrected chi connectivity index (χ1v) is 5.86. The molecule has 1 fully saturated rings. The number of nitrogens with two attached hydrogens (primary N) is 1. The second-order valence-electron chi connectivity index (χ2n) is 4.25. The van der Waals surface area contributed by atoms with E-state index in [0.717, 1.165) is 5.56 Å². The molecule has 1 aromatic heterocycles. The summed E-state index contributed by atoms with van der Waals surface area (Å²) >= 11 is 0. The highest BCUT2D eigenvalue weighted by atomic mass is 16.2. The Bertz CT molecular complexity index is 475. The van der Waals surface area contributed by atoms with Crippen molar-refractivity contribution < 1.29 is 9.59 Å². The van der Waals surface area contributed by atoms with Gasteiger partial charge >= 0.3 is 0 Å². The Morgan fingerprint density at radius 3 is 2.61 bits per heavy atom. The minimum Gasteiger partial charge on any atom is -0.384 e. The molecule has 2 N–H and O–H groups in total. The van der Waals surface area contributed by atoms with Gasteiger partial charge in [-0.3, -0.25) is 9.59 Å². The Balaban J connectivity index is 2.06. The van der Waals surface area contributed by atoms with Gasteiger partial charge in [-0.15, -0.1) is 0 Å². The first-order valence-electron chi connectivity index (χ1n) is 5.86. The number of hydrogen-bond acceptors (Lipinski definition) is 4. The zero-order valence-electron chi connectivity index (χ0n) is 10.3. The number of aromatic nitrogens is 1. The number of pyridine rings is 1. The highest BCUT2D eigenvalue weighted by Gasteiger charge is 2.28. The van der Waals surface area contributed by atoms with Crippen LogP contribution in [-0.2, 0) is 16.1 Å². The van der Waals surface area contributed by atoms with Crippen molar-refractivity contribution >= 4 is 17.6 Å². The van der Waals surface area contributed by atoms with Crippen LogP contribution in [0.25, 0.3) is 0 Å². The van der Waals surface area contributed by atoms with Crippen molar-refractivity contribution in [2.24, 2.45) is 0 Å². The molecule has 0 aliphatic carbocycles. The third-order valence-corrected chi connectivity index (χ3v) is 2.96. The molecule has 2 heterocycles. The Morgan fingerprint density at radius 2 is 1.94 bits per heavy atom. The average Bonchev–Trinajstić information content (AvgIpc) is 2.33. The van der Waals surface area contributed by atoms with Crippen molar-refractivity contribution in [2.45, 2.75) is 13.5 Å². The van der Waals surface area contributed by atoms with E-state index in [1.165, 1.54) is 0 Å². The first-order chi connectivity index (χ1) is 8.60. The first kappa shape index (κ1) is 12.3. The molecule has 1 saturated heterocycles. The van der Waals surface area contributed by atoms with E-state index < -0.39 is 0 Å². The van der Waals surface area contributed by atoms with Crippen molar-refractivity contribution in [2.75, 3.05) is 25.4 Å². The van der Waals surface area contributed by atoms with E-state index in [-0.39, 0.29) is 24.9 Å². The van der Waals surface area contributed by atoms with Crippen LogP contribution in [0.2, 0.25) is 0 Å². The van der Waals surface area contributed by atoms with Gasteiger partial charge in [-0.05, 0) is 24.6 Å². The molecule has 0 bridgehead atoms. The van der Waals surface area contributed by atoms with Crippen LogP contribution >= 0.6 is 0 Å². The number of piperazine rings is 1. The number of carbonyl (C=O) groups excluding carboxylic acids is 2. The lowest BCUT2D eigenvalue weighted by Gasteiger charge is -2.33. The topological polar surface area (TPSA) is 79.5 Å². The van der Waals surface area contributed by atoms with Gasteiger partial charge in [0.05, 0.1) is 6.54 Å². The van der Waals surface area contributed by atoms with Crippen LogP contribution < -0.4 is 5.73 Å². The second-order valence-corrected chi connectivity index (χ2v) is 4.25. The second kappa shape index (κ2) is 5.03. The Hall–Kier alpha value is -2.11. The van der Waals surface area contributed by atoms with Crippen molar-refractivity contribution in [3.8, 4) is 0 Å². The van der Waals surface area contributed by atoms with Crippen LogP contribution in [0.5, 0.6) is 0 Å². The number of hydrogen-bond donors (Lipinski definition) is 1. The minimum absolute atomic E-state index is 0.0147. The molecule has 0 radical (unpaired) electrons. The minimum atomic E-state index is -0.0353. The van der Waals surface area contributed by atoms with Crippen LogP contribution in [0.1, 0.15) is 12.5 Å². The van der Waals surface area contributed by atoms with Gasteiger partial charge in [0.15, 0.2) is 0 Å². The van der Waals surface area contributed by atoms with Gasteiger partial charge in [-0.2, -0.15) is 0 Å². The summed E-state index contributed by atoms with van der Waals surface area (Å²) in [5.74, 6) is 0.365. The largest absolute Gasteiger partial charge is 0.384 e. The van der Waals surface area contributed by atoms with Gasteiger partial charge in [-0.1, -0.05) is 0 Å². The highest BCUT2D eigenvalue weighted by molar-refractivity contribution is 5.92. The van der Waals surface area contributed by atoms with Gasteiger partial charge in [-0.25, -0.2) is 4.98 Å². The Labute approximate surface area is 105 Å². The maximum Gasteiger partial charge on any atom is 0.242 e. The molecule has 0 aromatic carbocycles. The van der Waals surface area contributed by atoms with Gasteiger partial charge in [0.1, 0.15) is 12.4 Å². The lowest BCUT2D eigenvalue weighted by atomic mass is 10.2. The normalized spacial score (nSPS) is 16.3. The van der Waals surface area contributed by atoms with E-state index in [1.807, 2.05) is 6.92 Å². The number of anilines is 1. The standard InChI is InChI=1S/C12H16N4O2/c1-2-15-7-12(18)16(8-11(15)17)6-9-3-4-14-10(13)5-9/h3-5H,2,6-8H2,1H3,(H2,13,14). The summed E-state index contributed by atoms with van der Waals surface area (Å²) in [6.45, 7) is 3.13. The summed E-state index contributed by atoms with van der Waals surface area (Å²) in [7, 11) is 0. The lowest BCUT2D eigenvalue weighted by Crippen LogP contribution is -2.53. The molecule has 0 atom stereocenters. The van der Waals surface area contributed by atoms with Crippen LogP contribution in [0, 0.1) is 0 Å². The van der Waals surface area contributed by atoms with Crippen molar-refractivity contribution in [3.63, 3.8) is 0 Å². The molecule has 2 rings (SSSR count). The fraction of sp³-hybridized carbons (Fsp3) is 0.417. The molecule has 1 aromatic rings. The third-order valence-electron chi connectivity index (χ3n) is 2.96. The predicted molar refractivity (Wildman–Crippen MR) is 66.3 cm³/mol. The van der Waals surface area contributed by atoms with E-state index in [1.54, 1.807) is 28.1 Å². The third kappa shape index (κ3) is 2.58. The summed E-state index contributed by atoms with van der Waals surface area (Å²) in [6, 6.07) is 3.50. The predicted octanol–water partition coefficient (Wildman–Crippen LogP) is -0.146. The van der Waals surface area contributed by atoms with Gasteiger partial charge < -0.3 is 15.5 Å².